The van der Waals surface area contributed by atoms with Gasteiger partial charge in [0.2, 0.25) is 0 Å². The zero-order valence-corrected chi connectivity index (χ0v) is 11.2. The van der Waals surface area contributed by atoms with Gasteiger partial charge in [-0.3, -0.25) is 5.84 Å². The van der Waals surface area contributed by atoms with Crippen LogP contribution in [0, 0.1) is 11.6 Å². The van der Waals surface area contributed by atoms with Gasteiger partial charge >= 0.3 is 0 Å². The summed E-state index contributed by atoms with van der Waals surface area (Å²) in [5, 5.41) is 0. The summed E-state index contributed by atoms with van der Waals surface area (Å²) in [4.78, 5) is 1.01. The van der Waals surface area contributed by atoms with Crippen molar-refractivity contribution in [3.05, 3.63) is 65.2 Å². The topological polar surface area (TPSA) is 38.0 Å². The van der Waals surface area contributed by atoms with Crippen LogP contribution in [0.1, 0.15) is 17.2 Å². The highest BCUT2D eigenvalue weighted by Gasteiger charge is 2.17. The summed E-state index contributed by atoms with van der Waals surface area (Å²) in [7, 11) is 0. The molecule has 0 heterocycles. The average molecular weight is 280 g/mol. The molecule has 0 bridgehead atoms. The summed E-state index contributed by atoms with van der Waals surface area (Å²) < 4.78 is 26.6. The van der Waals surface area contributed by atoms with Gasteiger partial charge in [0.05, 0.1) is 6.04 Å². The molecule has 0 aliphatic heterocycles. The lowest BCUT2D eigenvalue weighted by atomic mass is 9.99. The average Bonchev–Trinajstić information content (AvgIpc) is 2.39. The minimum absolute atomic E-state index is 0.450. The number of hydrogen-bond acceptors (Lipinski definition) is 3. The number of halogens is 2. The van der Waals surface area contributed by atoms with Crippen LogP contribution in [-0.4, -0.2) is 6.26 Å². The molecule has 1 atom stereocenters. The van der Waals surface area contributed by atoms with Crippen LogP contribution in [0.3, 0.4) is 0 Å². The summed E-state index contributed by atoms with van der Waals surface area (Å²) in [5.41, 5.74) is 3.97. The van der Waals surface area contributed by atoms with E-state index in [-0.39, 0.29) is 0 Å². The summed E-state index contributed by atoms with van der Waals surface area (Å²) in [5.74, 6) is 4.33. The second kappa shape index (κ2) is 6.14. The quantitative estimate of drug-likeness (QED) is 0.513. The molecular weight excluding hydrogens is 266 g/mol. The van der Waals surface area contributed by atoms with Crippen molar-refractivity contribution in [3.63, 3.8) is 0 Å². The third kappa shape index (κ3) is 3.12. The second-order valence-corrected chi connectivity index (χ2v) is 4.89. The molecule has 0 fully saturated rings. The van der Waals surface area contributed by atoms with E-state index >= 15 is 0 Å². The number of benzene rings is 2. The normalized spacial score (nSPS) is 12.4. The smallest absolute Gasteiger partial charge is 0.126 e. The Hall–Kier alpha value is -1.43. The van der Waals surface area contributed by atoms with Gasteiger partial charge in [-0.15, -0.1) is 11.8 Å². The number of nitrogens with two attached hydrogens (primary N) is 1. The van der Waals surface area contributed by atoms with E-state index in [0.717, 1.165) is 16.5 Å². The van der Waals surface area contributed by atoms with Gasteiger partial charge in [-0.2, -0.15) is 0 Å². The van der Waals surface area contributed by atoms with Crippen LogP contribution in [0.2, 0.25) is 0 Å². The minimum Gasteiger partial charge on any atom is -0.271 e. The Bertz CT molecular complexity index is 555. The van der Waals surface area contributed by atoms with E-state index in [2.05, 4.69) is 5.43 Å². The number of thioether (sulfide) groups is 1. The Morgan fingerprint density at radius 3 is 2.32 bits per heavy atom. The van der Waals surface area contributed by atoms with Crippen molar-refractivity contribution >= 4 is 11.8 Å². The van der Waals surface area contributed by atoms with E-state index in [0.29, 0.717) is 5.56 Å². The molecule has 19 heavy (non-hydrogen) atoms. The van der Waals surface area contributed by atoms with Crippen LogP contribution in [0.5, 0.6) is 0 Å². The molecule has 0 radical (unpaired) electrons. The molecule has 0 aliphatic rings. The van der Waals surface area contributed by atoms with Gasteiger partial charge in [0.15, 0.2) is 0 Å². The number of nitrogens with one attached hydrogen (secondary N) is 1. The maximum absolute atomic E-state index is 13.3. The summed E-state index contributed by atoms with van der Waals surface area (Å²) >= 11 is 1.56. The lowest BCUT2D eigenvalue weighted by Crippen LogP contribution is -2.29. The van der Waals surface area contributed by atoms with E-state index in [1.807, 2.05) is 30.5 Å². The maximum atomic E-state index is 13.3. The van der Waals surface area contributed by atoms with Gasteiger partial charge < -0.3 is 0 Å². The SMILES string of the molecule is CSc1ccccc1C(NN)c1cc(F)cc(F)c1. The lowest BCUT2D eigenvalue weighted by Gasteiger charge is -2.19. The zero-order chi connectivity index (χ0) is 13.8. The van der Waals surface area contributed by atoms with Crippen molar-refractivity contribution < 1.29 is 8.78 Å². The van der Waals surface area contributed by atoms with Crippen LogP contribution >= 0.6 is 11.8 Å². The highest BCUT2D eigenvalue weighted by molar-refractivity contribution is 7.98. The number of rotatable bonds is 4. The monoisotopic (exact) mass is 280 g/mol. The van der Waals surface area contributed by atoms with Crippen LogP contribution in [0.15, 0.2) is 47.4 Å². The molecule has 3 N–H and O–H groups in total. The standard InChI is InChI=1S/C14H14F2N2S/c1-19-13-5-3-2-4-12(13)14(18-17)9-6-10(15)8-11(16)7-9/h2-8,14,18H,17H2,1H3. The molecule has 0 saturated carbocycles. The lowest BCUT2D eigenvalue weighted by molar-refractivity contribution is 0.564. The molecule has 0 saturated heterocycles. The maximum Gasteiger partial charge on any atom is 0.126 e. The molecule has 2 aromatic carbocycles. The largest absolute Gasteiger partial charge is 0.271 e. The van der Waals surface area contributed by atoms with Gasteiger partial charge in [0.25, 0.3) is 0 Å². The van der Waals surface area contributed by atoms with E-state index in [1.165, 1.54) is 12.1 Å². The van der Waals surface area contributed by atoms with Crippen molar-refractivity contribution in [2.24, 2.45) is 5.84 Å². The first-order chi connectivity index (χ1) is 9.15. The molecule has 0 aromatic heterocycles. The summed E-state index contributed by atoms with van der Waals surface area (Å²) in [6, 6.07) is 10.6. The minimum atomic E-state index is -0.614. The summed E-state index contributed by atoms with van der Waals surface area (Å²) in [6.45, 7) is 0. The van der Waals surface area contributed by atoms with Crippen molar-refractivity contribution in [3.8, 4) is 0 Å². The highest BCUT2D eigenvalue weighted by atomic mass is 32.2. The Balaban J connectivity index is 2.49. The van der Waals surface area contributed by atoms with E-state index in [1.54, 1.807) is 11.8 Å². The Morgan fingerprint density at radius 1 is 1.11 bits per heavy atom. The first kappa shape index (κ1) is 14.0. The van der Waals surface area contributed by atoms with E-state index < -0.39 is 17.7 Å². The van der Waals surface area contributed by atoms with Gasteiger partial charge in [0.1, 0.15) is 11.6 Å². The zero-order valence-electron chi connectivity index (χ0n) is 10.4. The molecule has 2 nitrogen and oxygen atoms in total. The molecular formula is C14H14F2N2S. The van der Waals surface area contributed by atoms with E-state index in [9.17, 15) is 8.78 Å². The number of hydrazine groups is 1. The molecule has 100 valence electrons. The first-order valence-electron chi connectivity index (χ1n) is 5.70. The molecule has 2 rings (SSSR count). The summed E-state index contributed by atoms with van der Waals surface area (Å²) in [6.07, 6.45) is 1.94. The highest BCUT2D eigenvalue weighted by Crippen LogP contribution is 2.30. The van der Waals surface area contributed by atoms with Crippen LogP contribution in [-0.2, 0) is 0 Å². The third-order valence-electron chi connectivity index (χ3n) is 2.83. The van der Waals surface area contributed by atoms with Gasteiger partial charge in [0, 0.05) is 11.0 Å². The Morgan fingerprint density at radius 2 is 1.74 bits per heavy atom. The van der Waals surface area contributed by atoms with Crippen LogP contribution in [0.25, 0.3) is 0 Å². The van der Waals surface area contributed by atoms with Crippen molar-refractivity contribution in [2.45, 2.75) is 10.9 Å². The number of hydrogen-bond donors (Lipinski definition) is 2. The van der Waals surface area contributed by atoms with Gasteiger partial charge in [-0.1, -0.05) is 18.2 Å². The molecule has 5 heteroatoms. The van der Waals surface area contributed by atoms with Crippen LogP contribution < -0.4 is 11.3 Å². The van der Waals surface area contributed by atoms with Crippen molar-refractivity contribution in [2.75, 3.05) is 6.26 Å². The predicted molar refractivity (Wildman–Crippen MR) is 73.7 cm³/mol. The Kier molecular flexibility index (Phi) is 4.52. The fourth-order valence-electron chi connectivity index (χ4n) is 2.01. The molecule has 1 unspecified atom stereocenters. The molecule has 0 aliphatic carbocycles. The molecule has 2 aromatic rings. The van der Waals surface area contributed by atoms with Gasteiger partial charge in [-0.05, 0) is 35.6 Å². The predicted octanol–water partition coefficient (Wildman–Crippen LogP) is 3.24. The fourth-order valence-corrected chi connectivity index (χ4v) is 2.65. The fraction of sp³-hybridized carbons (Fsp3) is 0.143. The van der Waals surface area contributed by atoms with E-state index in [4.69, 9.17) is 5.84 Å². The van der Waals surface area contributed by atoms with Gasteiger partial charge in [-0.25, -0.2) is 14.2 Å². The van der Waals surface area contributed by atoms with Crippen molar-refractivity contribution in [1.82, 2.24) is 5.43 Å². The third-order valence-corrected chi connectivity index (χ3v) is 3.65. The Labute approximate surface area is 115 Å². The molecule has 0 amide bonds. The molecule has 0 spiro atoms. The van der Waals surface area contributed by atoms with Crippen LogP contribution in [0.4, 0.5) is 8.78 Å². The second-order valence-electron chi connectivity index (χ2n) is 4.04. The van der Waals surface area contributed by atoms with Crippen molar-refractivity contribution in [1.29, 1.82) is 0 Å². The first-order valence-corrected chi connectivity index (χ1v) is 6.93.